The zero-order valence-corrected chi connectivity index (χ0v) is 15.4. The third-order valence-corrected chi connectivity index (χ3v) is 7.14. The Morgan fingerprint density at radius 3 is 3.04 bits per heavy atom. The van der Waals surface area contributed by atoms with E-state index in [1.807, 2.05) is 6.20 Å². The molecular formula is C18H27N5S. The molecule has 6 heteroatoms. The van der Waals surface area contributed by atoms with E-state index in [9.17, 15) is 0 Å². The van der Waals surface area contributed by atoms with Crippen molar-refractivity contribution >= 4 is 28.8 Å². The van der Waals surface area contributed by atoms with Crippen molar-refractivity contribution in [2.24, 2.45) is 5.92 Å². The monoisotopic (exact) mass is 345 g/mol. The van der Waals surface area contributed by atoms with Crippen LogP contribution in [-0.4, -0.2) is 50.7 Å². The molecule has 3 heterocycles. The van der Waals surface area contributed by atoms with Crippen molar-refractivity contribution in [2.45, 2.75) is 51.1 Å². The molecule has 0 amide bonds. The first-order valence-electron chi connectivity index (χ1n) is 9.13. The number of aromatic nitrogens is 3. The van der Waals surface area contributed by atoms with Crippen LogP contribution in [0, 0.1) is 5.92 Å². The Labute approximate surface area is 148 Å². The minimum atomic E-state index is 0.613. The van der Waals surface area contributed by atoms with Crippen LogP contribution in [0.5, 0.6) is 0 Å². The van der Waals surface area contributed by atoms with Crippen molar-refractivity contribution in [3.8, 4) is 0 Å². The molecule has 1 atom stereocenters. The van der Waals surface area contributed by atoms with Crippen molar-refractivity contribution in [3.05, 3.63) is 18.6 Å². The van der Waals surface area contributed by atoms with Gasteiger partial charge in [0.25, 0.3) is 0 Å². The smallest absolute Gasteiger partial charge is 0.142 e. The summed E-state index contributed by atoms with van der Waals surface area (Å²) in [6.45, 7) is 3.65. The van der Waals surface area contributed by atoms with Crippen molar-refractivity contribution in [1.82, 2.24) is 19.3 Å². The largest absolute Gasteiger partial charge is 0.356 e. The molecule has 130 valence electrons. The fraction of sp³-hybridized carbons (Fsp3) is 0.667. The molecule has 1 aliphatic carbocycles. The zero-order valence-electron chi connectivity index (χ0n) is 14.6. The van der Waals surface area contributed by atoms with Gasteiger partial charge in [-0.25, -0.2) is 14.3 Å². The summed E-state index contributed by atoms with van der Waals surface area (Å²) < 4.78 is 2.62. The van der Waals surface area contributed by atoms with E-state index in [1.54, 1.807) is 6.33 Å². The summed E-state index contributed by atoms with van der Waals surface area (Å²) in [4.78, 5) is 14.3. The van der Waals surface area contributed by atoms with Gasteiger partial charge in [0, 0.05) is 37.6 Å². The molecule has 2 aromatic heterocycles. The summed E-state index contributed by atoms with van der Waals surface area (Å²) in [7, 11) is 2.18. The summed E-state index contributed by atoms with van der Waals surface area (Å²) in [5.41, 5.74) is 0.928. The van der Waals surface area contributed by atoms with Crippen molar-refractivity contribution < 1.29 is 0 Å². The lowest BCUT2D eigenvalue weighted by molar-refractivity contribution is 0.272. The summed E-state index contributed by atoms with van der Waals surface area (Å²) in [5, 5.41) is 1.12. The fourth-order valence-corrected chi connectivity index (χ4v) is 5.22. The number of hydrogen-bond donors (Lipinski definition) is 1. The number of nitrogens with zero attached hydrogens (tertiary/aromatic N) is 4. The van der Waals surface area contributed by atoms with Crippen molar-refractivity contribution in [1.29, 1.82) is 0 Å². The summed E-state index contributed by atoms with van der Waals surface area (Å²) in [6.07, 6.45) is 10.3. The number of fused-ring (bicyclic) bond motifs is 1. The van der Waals surface area contributed by atoms with E-state index in [1.165, 1.54) is 44.4 Å². The lowest BCUT2D eigenvalue weighted by atomic mass is 9.81. The Morgan fingerprint density at radius 1 is 1.33 bits per heavy atom. The fourth-order valence-electron chi connectivity index (χ4n) is 3.93. The lowest BCUT2D eigenvalue weighted by Crippen LogP contribution is -2.44. The molecular weight excluding hydrogens is 318 g/mol. The van der Waals surface area contributed by atoms with Crippen LogP contribution in [0.3, 0.4) is 0 Å². The average Bonchev–Trinajstić information content (AvgIpc) is 3.03. The third-order valence-electron chi connectivity index (χ3n) is 5.64. The third kappa shape index (κ3) is 3.14. The van der Waals surface area contributed by atoms with Gasteiger partial charge in [0.15, 0.2) is 0 Å². The molecule has 1 saturated carbocycles. The summed E-state index contributed by atoms with van der Waals surface area (Å²) in [5.74, 6) is 3.18. The van der Waals surface area contributed by atoms with E-state index >= 15 is 0 Å². The van der Waals surface area contributed by atoms with Gasteiger partial charge in [-0.1, -0.05) is 18.4 Å². The maximum Gasteiger partial charge on any atom is 0.142 e. The summed E-state index contributed by atoms with van der Waals surface area (Å²) in [6, 6.07) is 3.44. The molecule has 1 aliphatic heterocycles. The van der Waals surface area contributed by atoms with E-state index in [-0.39, 0.29) is 0 Å². The van der Waals surface area contributed by atoms with Gasteiger partial charge in [0.1, 0.15) is 17.8 Å². The molecule has 24 heavy (non-hydrogen) atoms. The molecule has 1 unspecified atom stereocenters. The first-order chi connectivity index (χ1) is 11.7. The first kappa shape index (κ1) is 16.2. The highest BCUT2D eigenvalue weighted by Crippen LogP contribution is 2.38. The number of rotatable bonds is 5. The molecule has 2 aromatic rings. The predicted molar refractivity (Wildman–Crippen MR) is 101 cm³/mol. The highest BCUT2D eigenvalue weighted by molar-refractivity contribution is 7.97. The molecule has 0 spiro atoms. The lowest BCUT2D eigenvalue weighted by Gasteiger charge is -2.43. The molecule has 2 fully saturated rings. The van der Waals surface area contributed by atoms with Crippen LogP contribution in [0.4, 0.5) is 5.82 Å². The second-order valence-electron chi connectivity index (χ2n) is 7.32. The molecule has 1 N–H and O–H groups in total. The van der Waals surface area contributed by atoms with Crippen LogP contribution < -0.4 is 4.90 Å². The van der Waals surface area contributed by atoms with Crippen molar-refractivity contribution in [2.75, 3.05) is 24.2 Å². The van der Waals surface area contributed by atoms with E-state index < -0.39 is 0 Å². The number of hydrogen-bond acceptors (Lipinski definition) is 5. The van der Waals surface area contributed by atoms with Crippen LogP contribution in [0.25, 0.3) is 11.0 Å². The predicted octanol–water partition coefficient (Wildman–Crippen LogP) is 3.70. The highest BCUT2D eigenvalue weighted by atomic mass is 32.2. The molecule has 5 nitrogen and oxygen atoms in total. The standard InChI is InChI=1S/C18H27N5S/c1-13-5-3-4-8-23(13)24-11-14-9-15(10-14)22(2)18-16-6-7-19-17(16)20-12-21-18/h6-7,12-15H,3-5,8-11H2,1-2H3,(H,19,20,21). The number of H-pyrrole nitrogens is 1. The zero-order chi connectivity index (χ0) is 16.5. The number of anilines is 1. The van der Waals surface area contributed by atoms with Gasteiger partial charge in [0.2, 0.25) is 0 Å². The molecule has 2 aliphatic rings. The van der Waals surface area contributed by atoms with Crippen LogP contribution >= 0.6 is 11.9 Å². The van der Waals surface area contributed by atoms with Gasteiger partial charge in [-0.2, -0.15) is 0 Å². The molecule has 4 rings (SSSR count). The van der Waals surface area contributed by atoms with E-state index in [2.05, 4.69) is 56.1 Å². The number of nitrogens with one attached hydrogen (secondary N) is 1. The van der Waals surface area contributed by atoms with Gasteiger partial charge >= 0.3 is 0 Å². The normalized spacial score (nSPS) is 28.0. The SMILES string of the molecule is CC1CCCCN1SCC1CC(N(C)c2ncnc3[nH]ccc23)C1. The molecule has 1 saturated heterocycles. The van der Waals surface area contributed by atoms with E-state index in [0.717, 1.165) is 28.8 Å². The van der Waals surface area contributed by atoms with E-state index in [0.29, 0.717) is 6.04 Å². The van der Waals surface area contributed by atoms with Crippen LogP contribution in [-0.2, 0) is 0 Å². The second kappa shape index (κ2) is 6.92. The van der Waals surface area contributed by atoms with Crippen LogP contribution in [0.1, 0.15) is 39.0 Å². The van der Waals surface area contributed by atoms with Gasteiger partial charge in [-0.15, -0.1) is 0 Å². The van der Waals surface area contributed by atoms with Crippen LogP contribution in [0.15, 0.2) is 18.6 Å². The summed E-state index contributed by atoms with van der Waals surface area (Å²) >= 11 is 2.09. The van der Waals surface area contributed by atoms with Crippen molar-refractivity contribution in [3.63, 3.8) is 0 Å². The number of piperidine rings is 1. The second-order valence-corrected chi connectivity index (χ2v) is 8.38. The maximum atomic E-state index is 4.52. The molecule has 0 aromatic carbocycles. The van der Waals surface area contributed by atoms with Gasteiger partial charge in [0.05, 0.1) is 5.39 Å². The quantitative estimate of drug-likeness (QED) is 0.838. The Bertz CT molecular complexity index is 681. The molecule has 0 radical (unpaired) electrons. The Kier molecular flexibility index (Phi) is 4.68. The van der Waals surface area contributed by atoms with Gasteiger partial charge in [-0.05, 0) is 44.6 Å². The first-order valence-corrected chi connectivity index (χ1v) is 10.1. The van der Waals surface area contributed by atoms with Gasteiger partial charge in [-0.3, -0.25) is 0 Å². The maximum absolute atomic E-state index is 4.52. The Morgan fingerprint density at radius 2 is 2.21 bits per heavy atom. The average molecular weight is 346 g/mol. The topological polar surface area (TPSA) is 48.1 Å². The van der Waals surface area contributed by atoms with Gasteiger partial charge < -0.3 is 9.88 Å². The Hall–Kier alpha value is -1.27. The highest BCUT2D eigenvalue weighted by Gasteiger charge is 2.34. The number of aromatic amines is 1. The Balaban J connectivity index is 1.30. The van der Waals surface area contributed by atoms with E-state index in [4.69, 9.17) is 0 Å². The molecule has 0 bridgehead atoms. The minimum Gasteiger partial charge on any atom is -0.356 e. The van der Waals surface area contributed by atoms with Crippen LogP contribution in [0.2, 0.25) is 0 Å². The minimum absolute atomic E-state index is 0.613.